The van der Waals surface area contributed by atoms with Crippen LogP contribution in [0.3, 0.4) is 0 Å². The predicted molar refractivity (Wildman–Crippen MR) is 114 cm³/mol. The molecule has 1 saturated carbocycles. The van der Waals surface area contributed by atoms with Gasteiger partial charge in [-0.3, -0.25) is 4.79 Å². The highest BCUT2D eigenvalue weighted by molar-refractivity contribution is 5.88. The summed E-state index contributed by atoms with van der Waals surface area (Å²) in [4.78, 5) is 24.5. The van der Waals surface area contributed by atoms with Gasteiger partial charge in [-0.25, -0.2) is 4.79 Å². The average molecular weight is 395 g/mol. The number of esters is 2. The molecule has 1 fully saturated rings. The maximum atomic E-state index is 12.2. The first-order valence-corrected chi connectivity index (χ1v) is 11.6. The van der Waals surface area contributed by atoms with Crippen LogP contribution in [0.5, 0.6) is 0 Å². The molecule has 162 valence electrons. The van der Waals surface area contributed by atoms with Crippen LogP contribution in [0, 0.1) is 17.8 Å². The molecule has 1 atom stereocenters. The molecule has 28 heavy (non-hydrogen) atoms. The van der Waals surface area contributed by atoms with Crippen LogP contribution in [-0.4, -0.2) is 25.2 Å². The minimum absolute atomic E-state index is 0.0156. The number of ether oxygens (including phenoxy) is 2. The number of hydrogen-bond donors (Lipinski definition) is 0. The normalized spacial score (nSPS) is 21.2. The van der Waals surface area contributed by atoms with Gasteiger partial charge in [-0.05, 0) is 63.2 Å². The lowest BCUT2D eigenvalue weighted by Gasteiger charge is -2.28. The van der Waals surface area contributed by atoms with E-state index in [2.05, 4.69) is 20.8 Å². The Morgan fingerprint density at radius 1 is 0.929 bits per heavy atom. The maximum Gasteiger partial charge on any atom is 0.333 e. The van der Waals surface area contributed by atoms with Gasteiger partial charge in [-0.15, -0.1) is 0 Å². The fourth-order valence-electron chi connectivity index (χ4n) is 3.91. The van der Waals surface area contributed by atoms with Crippen molar-refractivity contribution in [2.75, 3.05) is 13.2 Å². The van der Waals surface area contributed by atoms with Crippen molar-refractivity contribution in [1.82, 2.24) is 0 Å². The van der Waals surface area contributed by atoms with Gasteiger partial charge < -0.3 is 9.47 Å². The van der Waals surface area contributed by atoms with E-state index in [1.54, 1.807) is 0 Å². The van der Waals surface area contributed by atoms with Crippen molar-refractivity contribution in [3.05, 3.63) is 11.6 Å². The predicted octanol–water partition coefficient (Wildman–Crippen LogP) is 6.23. The second-order valence-electron chi connectivity index (χ2n) is 8.25. The zero-order valence-electron chi connectivity index (χ0n) is 18.6. The molecule has 0 aromatic carbocycles. The van der Waals surface area contributed by atoms with E-state index >= 15 is 0 Å². The molecule has 0 spiro atoms. The van der Waals surface area contributed by atoms with Gasteiger partial charge in [0.25, 0.3) is 0 Å². The lowest BCUT2D eigenvalue weighted by Crippen LogP contribution is -2.26. The zero-order chi connectivity index (χ0) is 20.8. The van der Waals surface area contributed by atoms with E-state index in [4.69, 9.17) is 9.47 Å². The van der Waals surface area contributed by atoms with E-state index in [1.807, 2.05) is 13.0 Å². The largest absolute Gasteiger partial charge is 0.465 e. The number of hydrogen-bond acceptors (Lipinski definition) is 4. The Morgan fingerprint density at radius 2 is 1.54 bits per heavy atom. The first kappa shape index (κ1) is 24.7. The van der Waals surface area contributed by atoms with Gasteiger partial charge in [0.05, 0.1) is 19.1 Å². The van der Waals surface area contributed by atoms with E-state index in [1.165, 1.54) is 0 Å². The van der Waals surface area contributed by atoms with Crippen LogP contribution in [-0.2, 0) is 19.1 Å². The molecule has 0 bridgehead atoms. The summed E-state index contributed by atoms with van der Waals surface area (Å²) in [5, 5.41) is 0. The lowest BCUT2D eigenvalue weighted by molar-refractivity contribution is -0.151. The van der Waals surface area contributed by atoms with Crippen LogP contribution < -0.4 is 0 Å². The highest BCUT2D eigenvalue weighted by Gasteiger charge is 2.25. The summed E-state index contributed by atoms with van der Waals surface area (Å²) in [6.07, 6.45) is 12.8. The first-order chi connectivity index (χ1) is 13.5. The summed E-state index contributed by atoms with van der Waals surface area (Å²) >= 11 is 0. The second-order valence-corrected chi connectivity index (χ2v) is 8.25. The third-order valence-corrected chi connectivity index (χ3v) is 5.84. The standard InChI is InChI=1S/C24H42O4/c1-5-9-12-21(8-4)23(25)27-17-19-13-15-20(16-14-19)18-28-24(26)22(10-6-2)11-7-3/h10,19-21H,5-9,11-18H2,1-4H3/b22-10+. The molecule has 0 aromatic rings. The van der Waals surface area contributed by atoms with Crippen LogP contribution in [0.2, 0.25) is 0 Å². The SMILES string of the molecule is CC/C=C(\CCC)C(=O)OCC1CCC(COC(=O)C(CC)CCCC)CC1. The van der Waals surface area contributed by atoms with Crippen LogP contribution in [0.25, 0.3) is 0 Å². The maximum absolute atomic E-state index is 12.2. The zero-order valence-corrected chi connectivity index (χ0v) is 18.6. The van der Waals surface area contributed by atoms with Crippen LogP contribution in [0.4, 0.5) is 0 Å². The number of unbranched alkanes of at least 4 members (excludes halogenated alkanes) is 1. The summed E-state index contributed by atoms with van der Waals surface area (Å²) in [6, 6.07) is 0. The van der Waals surface area contributed by atoms with Crippen molar-refractivity contribution in [2.45, 2.75) is 98.3 Å². The van der Waals surface area contributed by atoms with Gasteiger partial charge in [-0.2, -0.15) is 0 Å². The number of rotatable bonds is 13. The van der Waals surface area contributed by atoms with Crippen molar-refractivity contribution in [3.63, 3.8) is 0 Å². The summed E-state index contributed by atoms with van der Waals surface area (Å²) < 4.78 is 11.2. The molecule has 0 heterocycles. The third kappa shape index (κ3) is 9.25. The quantitative estimate of drug-likeness (QED) is 0.274. The minimum Gasteiger partial charge on any atom is -0.465 e. The molecule has 0 radical (unpaired) electrons. The molecule has 0 amide bonds. The average Bonchev–Trinajstić information content (AvgIpc) is 2.71. The number of carbonyl (C=O) groups is 2. The second kappa shape index (κ2) is 14.6. The number of carbonyl (C=O) groups excluding carboxylic acids is 2. The van der Waals surface area contributed by atoms with E-state index in [0.717, 1.165) is 76.2 Å². The highest BCUT2D eigenvalue weighted by atomic mass is 16.5. The van der Waals surface area contributed by atoms with Crippen LogP contribution in [0.15, 0.2) is 11.6 Å². The van der Waals surface area contributed by atoms with Gasteiger partial charge in [0.2, 0.25) is 0 Å². The van der Waals surface area contributed by atoms with Crippen molar-refractivity contribution >= 4 is 11.9 Å². The first-order valence-electron chi connectivity index (χ1n) is 11.6. The molecule has 1 aliphatic rings. The van der Waals surface area contributed by atoms with Crippen LogP contribution in [0.1, 0.15) is 98.3 Å². The monoisotopic (exact) mass is 394 g/mol. The smallest absolute Gasteiger partial charge is 0.333 e. The minimum atomic E-state index is -0.141. The fraction of sp³-hybridized carbons (Fsp3) is 0.833. The van der Waals surface area contributed by atoms with E-state index in [-0.39, 0.29) is 17.9 Å². The Balaban J connectivity index is 2.28. The molecular weight excluding hydrogens is 352 g/mol. The van der Waals surface area contributed by atoms with Crippen molar-refractivity contribution in [3.8, 4) is 0 Å². The third-order valence-electron chi connectivity index (χ3n) is 5.84. The molecule has 0 aromatic heterocycles. The molecule has 1 aliphatic carbocycles. The summed E-state index contributed by atoms with van der Waals surface area (Å²) in [7, 11) is 0. The van der Waals surface area contributed by atoms with Crippen molar-refractivity contribution < 1.29 is 19.1 Å². The molecular formula is C24H42O4. The Hall–Kier alpha value is -1.32. The fourth-order valence-corrected chi connectivity index (χ4v) is 3.91. The van der Waals surface area contributed by atoms with E-state index < -0.39 is 0 Å². The topological polar surface area (TPSA) is 52.6 Å². The van der Waals surface area contributed by atoms with Gasteiger partial charge >= 0.3 is 11.9 Å². The van der Waals surface area contributed by atoms with Crippen molar-refractivity contribution in [1.29, 1.82) is 0 Å². The van der Waals surface area contributed by atoms with Gasteiger partial charge in [-0.1, -0.05) is 53.0 Å². The Morgan fingerprint density at radius 3 is 2.04 bits per heavy atom. The Bertz CT molecular complexity index is 475. The van der Waals surface area contributed by atoms with Crippen LogP contribution >= 0.6 is 0 Å². The summed E-state index contributed by atoms with van der Waals surface area (Å²) in [5.41, 5.74) is 0.819. The lowest BCUT2D eigenvalue weighted by atomic mass is 9.83. The molecule has 1 unspecified atom stereocenters. The molecule has 0 saturated heterocycles. The molecule has 0 aliphatic heterocycles. The Kier molecular flexibility index (Phi) is 12.9. The molecule has 4 heteroatoms. The highest BCUT2D eigenvalue weighted by Crippen LogP contribution is 2.30. The van der Waals surface area contributed by atoms with Gasteiger partial charge in [0, 0.05) is 5.57 Å². The molecule has 1 rings (SSSR count). The van der Waals surface area contributed by atoms with Gasteiger partial charge in [0.15, 0.2) is 0 Å². The summed E-state index contributed by atoms with van der Waals surface area (Å²) in [6.45, 7) is 9.41. The molecule has 4 nitrogen and oxygen atoms in total. The molecule has 0 N–H and O–H groups in total. The number of allylic oxidation sites excluding steroid dienone is 1. The van der Waals surface area contributed by atoms with Gasteiger partial charge in [0.1, 0.15) is 0 Å². The van der Waals surface area contributed by atoms with E-state index in [9.17, 15) is 9.59 Å². The Labute approximate surface area is 172 Å². The van der Waals surface area contributed by atoms with Crippen molar-refractivity contribution in [2.24, 2.45) is 17.8 Å². The summed E-state index contributed by atoms with van der Waals surface area (Å²) in [5.74, 6) is 0.795. The van der Waals surface area contributed by atoms with E-state index in [0.29, 0.717) is 25.0 Å².